The molecule has 1 unspecified atom stereocenters. The lowest BCUT2D eigenvalue weighted by Gasteiger charge is -2.09. The Hall–Kier alpha value is -1.17. The number of hydrogen-bond acceptors (Lipinski definition) is 5. The Morgan fingerprint density at radius 3 is 2.53 bits per heavy atom. The molecule has 0 radical (unpaired) electrons. The van der Waals surface area contributed by atoms with Gasteiger partial charge in [0.05, 0.1) is 0 Å². The summed E-state index contributed by atoms with van der Waals surface area (Å²) in [7, 11) is -3.18. The fourth-order valence-corrected chi connectivity index (χ4v) is 1.58. The Bertz CT molecular complexity index is 456. The van der Waals surface area contributed by atoms with E-state index in [1.807, 2.05) is 6.92 Å². The van der Waals surface area contributed by atoms with Crippen LogP contribution in [0.25, 0.3) is 0 Å². The van der Waals surface area contributed by atoms with Crippen molar-refractivity contribution in [3.8, 4) is 0 Å². The van der Waals surface area contributed by atoms with Crippen molar-refractivity contribution in [3.63, 3.8) is 0 Å². The maximum absolute atomic E-state index is 11.3. The van der Waals surface area contributed by atoms with E-state index < -0.39 is 15.1 Å². The fourth-order valence-electron chi connectivity index (χ4n) is 1.09. The molecular weight excluding hydrogens is 214 g/mol. The number of rotatable bonds is 3. The SMILES string of the molecule is CCc1cc(N)nc(C(C)S(C)(=O)=O)n1. The number of anilines is 1. The van der Waals surface area contributed by atoms with E-state index in [0.29, 0.717) is 12.2 Å². The maximum Gasteiger partial charge on any atom is 0.157 e. The second-order valence-electron chi connectivity index (χ2n) is 3.47. The smallest absolute Gasteiger partial charge is 0.157 e. The minimum atomic E-state index is -3.18. The predicted molar refractivity (Wildman–Crippen MR) is 59.1 cm³/mol. The third-order valence-corrected chi connectivity index (χ3v) is 3.68. The number of sulfone groups is 1. The van der Waals surface area contributed by atoms with Gasteiger partial charge >= 0.3 is 0 Å². The van der Waals surface area contributed by atoms with Gasteiger partial charge in [0.25, 0.3) is 0 Å². The van der Waals surface area contributed by atoms with Crippen LogP contribution in [-0.4, -0.2) is 24.6 Å². The molecule has 1 aromatic rings. The van der Waals surface area contributed by atoms with Crippen LogP contribution < -0.4 is 5.73 Å². The highest BCUT2D eigenvalue weighted by Crippen LogP contribution is 2.18. The van der Waals surface area contributed by atoms with Gasteiger partial charge in [-0.15, -0.1) is 0 Å². The quantitative estimate of drug-likeness (QED) is 0.825. The first kappa shape index (κ1) is 11.9. The lowest BCUT2D eigenvalue weighted by Crippen LogP contribution is -2.13. The van der Waals surface area contributed by atoms with Crippen LogP contribution in [0.3, 0.4) is 0 Å². The monoisotopic (exact) mass is 229 g/mol. The molecule has 0 aromatic carbocycles. The van der Waals surface area contributed by atoms with E-state index in [1.165, 1.54) is 0 Å². The minimum Gasteiger partial charge on any atom is -0.384 e. The molecule has 0 amide bonds. The first-order chi connectivity index (χ1) is 6.84. The standard InChI is InChI=1S/C9H15N3O2S/c1-4-7-5-8(10)12-9(11-7)6(2)15(3,13)14/h5-6H,4H2,1-3H3,(H2,10,11,12). The normalized spacial score (nSPS) is 13.8. The molecule has 5 nitrogen and oxygen atoms in total. The zero-order chi connectivity index (χ0) is 11.6. The van der Waals surface area contributed by atoms with E-state index in [4.69, 9.17) is 5.73 Å². The molecule has 0 spiro atoms. The van der Waals surface area contributed by atoms with Crippen LogP contribution in [0.2, 0.25) is 0 Å². The fraction of sp³-hybridized carbons (Fsp3) is 0.556. The molecule has 0 aliphatic rings. The lowest BCUT2D eigenvalue weighted by atomic mass is 10.3. The molecule has 1 rings (SSSR count). The van der Waals surface area contributed by atoms with Crippen molar-refractivity contribution in [1.82, 2.24) is 9.97 Å². The Kier molecular flexibility index (Phi) is 3.28. The molecule has 0 saturated heterocycles. The van der Waals surface area contributed by atoms with Crippen molar-refractivity contribution >= 4 is 15.7 Å². The maximum atomic E-state index is 11.3. The molecule has 2 N–H and O–H groups in total. The minimum absolute atomic E-state index is 0.273. The van der Waals surface area contributed by atoms with E-state index in [1.54, 1.807) is 13.0 Å². The molecule has 0 bridgehead atoms. The summed E-state index contributed by atoms with van der Waals surface area (Å²) in [5.41, 5.74) is 6.33. The number of aryl methyl sites for hydroxylation is 1. The molecule has 0 fully saturated rings. The first-order valence-electron chi connectivity index (χ1n) is 4.66. The molecule has 6 heteroatoms. The molecule has 0 aliphatic carbocycles. The highest BCUT2D eigenvalue weighted by atomic mass is 32.2. The summed E-state index contributed by atoms with van der Waals surface area (Å²) in [6.45, 7) is 3.49. The second kappa shape index (κ2) is 4.14. The molecular formula is C9H15N3O2S. The summed E-state index contributed by atoms with van der Waals surface area (Å²) < 4.78 is 22.6. The van der Waals surface area contributed by atoms with Gasteiger partial charge in [-0.05, 0) is 13.3 Å². The van der Waals surface area contributed by atoms with Crippen molar-refractivity contribution in [1.29, 1.82) is 0 Å². The van der Waals surface area contributed by atoms with Crippen LogP contribution in [0.1, 0.15) is 30.6 Å². The van der Waals surface area contributed by atoms with E-state index in [2.05, 4.69) is 9.97 Å². The van der Waals surface area contributed by atoms with Gasteiger partial charge in [0.2, 0.25) is 0 Å². The summed E-state index contributed by atoms with van der Waals surface area (Å²) in [6, 6.07) is 1.65. The van der Waals surface area contributed by atoms with Crippen molar-refractivity contribution in [3.05, 3.63) is 17.6 Å². The first-order valence-corrected chi connectivity index (χ1v) is 6.62. The van der Waals surface area contributed by atoms with Gasteiger partial charge in [0.1, 0.15) is 16.9 Å². The third-order valence-electron chi connectivity index (χ3n) is 2.18. The van der Waals surface area contributed by atoms with E-state index in [-0.39, 0.29) is 5.82 Å². The van der Waals surface area contributed by atoms with E-state index >= 15 is 0 Å². The van der Waals surface area contributed by atoms with Crippen molar-refractivity contribution in [2.45, 2.75) is 25.5 Å². The van der Waals surface area contributed by atoms with Crippen LogP contribution in [-0.2, 0) is 16.3 Å². The topological polar surface area (TPSA) is 85.9 Å². The van der Waals surface area contributed by atoms with E-state index in [9.17, 15) is 8.42 Å². The second-order valence-corrected chi connectivity index (χ2v) is 5.83. The van der Waals surface area contributed by atoms with Crippen molar-refractivity contribution in [2.24, 2.45) is 0 Å². The number of hydrogen-bond donors (Lipinski definition) is 1. The highest BCUT2D eigenvalue weighted by molar-refractivity contribution is 7.90. The molecule has 0 aliphatic heterocycles. The van der Waals surface area contributed by atoms with Gasteiger partial charge in [-0.25, -0.2) is 18.4 Å². The average molecular weight is 229 g/mol. The number of nitrogen functional groups attached to an aromatic ring is 1. The molecule has 84 valence electrons. The third kappa shape index (κ3) is 2.89. The van der Waals surface area contributed by atoms with Gasteiger partial charge < -0.3 is 5.73 Å². The molecule has 1 heterocycles. The van der Waals surface area contributed by atoms with E-state index in [0.717, 1.165) is 11.9 Å². The largest absolute Gasteiger partial charge is 0.384 e. The van der Waals surface area contributed by atoms with Crippen LogP contribution in [0.5, 0.6) is 0 Å². The summed E-state index contributed by atoms with van der Waals surface area (Å²) in [4.78, 5) is 8.08. The zero-order valence-corrected chi connectivity index (χ0v) is 9.87. The van der Waals surface area contributed by atoms with Crippen LogP contribution >= 0.6 is 0 Å². The van der Waals surface area contributed by atoms with Gasteiger partial charge in [0, 0.05) is 18.0 Å². The predicted octanol–water partition coefficient (Wildman–Crippen LogP) is 0.727. The summed E-state index contributed by atoms with van der Waals surface area (Å²) in [5.74, 6) is 0.585. The number of nitrogens with zero attached hydrogens (tertiary/aromatic N) is 2. The molecule has 1 aromatic heterocycles. The van der Waals surface area contributed by atoms with Crippen molar-refractivity contribution < 1.29 is 8.42 Å². The molecule has 1 atom stereocenters. The number of nitrogens with two attached hydrogens (primary N) is 1. The average Bonchev–Trinajstić information content (AvgIpc) is 2.14. The highest BCUT2D eigenvalue weighted by Gasteiger charge is 2.20. The zero-order valence-electron chi connectivity index (χ0n) is 9.06. The summed E-state index contributed by atoms with van der Waals surface area (Å²) in [6.07, 6.45) is 1.87. The Morgan fingerprint density at radius 1 is 1.47 bits per heavy atom. The summed E-state index contributed by atoms with van der Waals surface area (Å²) in [5, 5.41) is -0.716. The molecule has 0 saturated carbocycles. The van der Waals surface area contributed by atoms with Crippen LogP contribution in [0.4, 0.5) is 5.82 Å². The van der Waals surface area contributed by atoms with Gasteiger partial charge in [-0.2, -0.15) is 0 Å². The van der Waals surface area contributed by atoms with Crippen LogP contribution in [0, 0.1) is 0 Å². The molecule has 15 heavy (non-hydrogen) atoms. The Morgan fingerprint density at radius 2 is 2.07 bits per heavy atom. The lowest BCUT2D eigenvalue weighted by molar-refractivity contribution is 0.589. The Labute approximate surface area is 89.7 Å². The summed E-state index contributed by atoms with van der Waals surface area (Å²) >= 11 is 0. The number of aromatic nitrogens is 2. The van der Waals surface area contributed by atoms with Gasteiger partial charge in [0.15, 0.2) is 9.84 Å². The van der Waals surface area contributed by atoms with Gasteiger partial charge in [-0.3, -0.25) is 0 Å². The van der Waals surface area contributed by atoms with Crippen molar-refractivity contribution in [2.75, 3.05) is 12.0 Å². The van der Waals surface area contributed by atoms with Gasteiger partial charge in [-0.1, -0.05) is 6.92 Å². The Balaban J connectivity index is 3.20. The van der Waals surface area contributed by atoms with Crippen LogP contribution in [0.15, 0.2) is 6.07 Å².